The summed E-state index contributed by atoms with van der Waals surface area (Å²) in [6.07, 6.45) is 12.5. The van der Waals surface area contributed by atoms with Gasteiger partial charge in [0.1, 0.15) is 47.4 Å². The number of hydrogen-bond acceptors (Lipinski definition) is 13. The molecule has 14 nitrogen and oxygen atoms in total. The number of carbonyl (C=O) groups is 2. The van der Waals surface area contributed by atoms with Gasteiger partial charge in [0.2, 0.25) is 11.1 Å². The third kappa shape index (κ3) is 12.5. The van der Waals surface area contributed by atoms with E-state index in [1.807, 2.05) is 18.2 Å². The van der Waals surface area contributed by atoms with Crippen LogP contribution in [-0.4, -0.2) is 94.4 Å². The first kappa shape index (κ1) is 51.2. The van der Waals surface area contributed by atoms with Crippen molar-refractivity contribution in [2.24, 2.45) is 22.7 Å². The van der Waals surface area contributed by atoms with Gasteiger partial charge in [-0.15, -0.1) is 0 Å². The first-order valence-corrected chi connectivity index (χ1v) is 24.4. The molecule has 6 aromatic rings. The van der Waals surface area contributed by atoms with Crippen LogP contribution in [0.1, 0.15) is 38.5 Å². The van der Waals surface area contributed by atoms with Gasteiger partial charge in [0, 0.05) is 34.3 Å². The molecule has 372 valence electrons. The minimum Gasteiger partial charge on any atom is -0.491 e. The number of hydrogen-bond donors (Lipinski definition) is 4. The van der Waals surface area contributed by atoms with Gasteiger partial charge in [-0.1, -0.05) is 36.4 Å². The van der Waals surface area contributed by atoms with Crippen LogP contribution in [0.2, 0.25) is 10.0 Å². The Bertz CT molecular complexity index is 2970. The molecule has 2 unspecified atom stereocenters. The Hall–Kier alpha value is -6.17. The number of ether oxygens (including phenoxy) is 2. The molecule has 2 atom stereocenters. The van der Waals surface area contributed by atoms with Crippen LogP contribution in [-0.2, 0) is 9.59 Å². The summed E-state index contributed by atoms with van der Waals surface area (Å²) in [7, 11) is 4.35. The van der Waals surface area contributed by atoms with Gasteiger partial charge in [-0.3, -0.25) is 9.59 Å². The Morgan fingerprint density at radius 3 is 1.62 bits per heavy atom. The van der Waals surface area contributed by atoms with Crippen LogP contribution in [0.3, 0.4) is 0 Å². The van der Waals surface area contributed by atoms with Gasteiger partial charge in [-0.05, 0) is 174 Å². The number of nitrogens with one attached hydrogen (secondary N) is 3. The second-order valence-electron chi connectivity index (χ2n) is 18.7. The van der Waals surface area contributed by atoms with Crippen LogP contribution in [0, 0.1) is 34.3 Å². The van der Waals surface area contributed by atoms with Crippen molar-refractivity contribution in [2.75, 3.05) is 75.2 Å². The van der Waals surface area contributed by atoms with E-state index in [2.05, 4.69) is 72.9 Å². The largest absolute Gasteiger partial charge is 0.491 e. The molecule has 19 heteroatoms. The summed E-state index contributed by atoms with van der Waals surface area (Å²) in [6, 6.07) is 16.0. The number of aromatic nitrogens is 4. The number of amides is 1. The monoisotopic (exact) mass is 1030 g/mol. The van der Waals surface area contributed by atoms with Crippen molar-refractivity contribution >= 4 is 102 Å². The normalized spacial score (nSPS) is 18.6. The lowest BCUT2D eigenvalue weighted by atomic mass is 9.91. The van der Waals surface area contributed by atoms with E-state index in [1.54, 1.807) is 18.2 Å². The van der Waals surface area contributed by atoms with E-state index in [9.17, 15) is 18.4 Å². The Kier molecular flexibility index (Phi) is 15.9. The van der Waals surface area contributed by atoms with E-state index >= 15 is 0 Å². The molecule has 2 spiro atoms. The lowest BCUT2D eigenvalue weighted by Gasteiger charge is -2.30. The van der Waals surface area contributed by atoms with Crippen LogP contribution in [0.5, 0.6) is 11.5 Å². The maximum absolute atomic E-state index is 13.6. The summed E-state index contributed by atoms with van der Waals surface area (Å²) in [5, 5.41) is 10.1. The van der Waals surface area contributed by atoms with E-state index in [1.165, 1.54) is 94.6 Å². The average molecular weight is 1030 g/mol. The number of allylic oxidation sites excluding steroid dienone is 1. The fourth-order valence-electron chi connectivity index (χ4n) is 9.40. The van der Waals surface area contributed by atoms with Crippen molar-refractivity contribution in [3.63, 3.8) is 0 Å². The molecular formula is C52H55Cl3F2N10O4. The lowest BCUT2D eigenvalue weighted by molar-refractivity contribution is -0.112. The molecule has 2 saturated carbocycles. The molecular weight excluding hydrogens is 973 g/mol. The molecule has 0 bridgehead atoms. The van der Waals surface area contributed by atoms with Crippen molar-refractivity contribution in [2.45, 2.75) is 38.5 Å². The van der Waals surface area contributed by atoms with Gasteiger partial charge in [-0.2, -0.15) is 0 Å². The van der Waals surface area contributed by atoms with Crippen molar-refractivity contribution in [3.05, 3.63) is 120 Å². The summed E-state index contributed by atoms with van der Waals surface area (Å²) >= 11 is 16.5. The lowest BCUT2D eigenvalue weighted by Crippen LogP contribution is -2.32. The fraction of sp³-hybridized carbons (Fsp3) is 0.346. The predicted molar refractivity (Wildman–Crippen MR) is 278 cm³/mol. The number of nitrogens with zero attached hydrogens (tertiary/aromatic N) is 6. The molecule has 0 radical (unpaired) electrons. The zero-order valence-corrected chi connectivity index (χ0v) is 41.7. The molecule has 1 amide bonds. The van der Waals surface area contributed by atoms with Crippen LogP contribution in [0.4, 0.5) is 43.2 Å². The number of fused-ring (bicyclic) bond motifs is 2. The summed E-state index contributed by atoms with van der Waals surface area (Å²) < 4.78 is 39.4. The van der Waals surface area contributed by atoms with Crippen molar-refractivity contribution in [1.29, 1.82) is 0 Å². The number of nitrogen functional groups attached to an aromatic ring is 1. The van der Waals surface area contributed by atoms with Gasteiger partial charge >= 0.3 is 0 Å². The van der Waals surface area contributed by atoms with E-state index in [4.69, 9.17) is 50.0 Å². The van der Waals surface area contributed by atoms with Crippen molar-refractivity contribution in [3.8, 4) is 11.5 Å². The summed E-state index contributed by atoms with van der Waals surface area (Å²) in [6.45, 7) is 12.5. The Labute approximate surface area is 426 Å². The Morgan fingerprint density at radius 2 is 1.17 bits per heavy atom. The van der Waals surface area contributed by atoms with Gasteiger partial charge in [0.05, 0.1) is 45.7 Å². The minimum absolute atomic E-state index is 0.00504. The summed E-state index contributed by atoms with van der Waals surface area (Å²) in [4.78, 5) is 43.8. The number of piperidine rings is 2. The summed E-state index contributed by atoms with van der Waals surface area (Å²) in [5.74, 6) is 2.06. The minimum atomic E-state index is -0.509. The quantitative estimate of drug-likeness (QED) is 0.0490. The Balaban J connectivity index is 0.000000175. The molecule has 2 aromatic heterocycles. The first-order chi connectivity index (χ1) is 34.1. The Morgan fingerprint density at radius 1 is 0.718 bits per heavy atom. The maximum Gasteiger partial charge on any atom is 0.247 e. The van der Waals surface area contributed by atoms with Gasteiger partial charge in [-0.25, -0.2) is 28.7 Å². The number of rotatable bonds is 13. The second kappa shape index (κ2) is 22.1. The van der Waals surface area contributed by atoms with Crippen LogP contribution in [0.25, 0.3) is 21.8 Å². The van der Waals surface area contributed by atoms with E-state index < -0.39 is 16.9 Å². The maximum atomic E-state index is 13.6. The van der Waals surface area contributed by atoms with Gasteiger partial charge in [0.25, 0.3) is 0 Å². The van der Waals surface area contributed by atoms with E-state index in [0.29, 0.717) is 92.7 Å². The first-order valence-electron chi connectivity index (χ1n) is 23.2. The molecule has 71 heavy (non-hydrogen) atoms. The zero-order chi connectivity index (χ0) is 50.5. The van der Waals surface area contributed by atoms with Gasteiger partial charge < -0.3 is 41.0 Å². The SMILES string of the molecule is C=CC(=O)Cl.C=CC(=O)Nc1cc2c(Nc3ccc(F)c(Cl)c3)ncnc2cc1OCC1CC12CCN(C)CC2.CN1CCC2(CC1)CC2COc1cc2ncnc(Nc3ccc(F)c(Cl)c3)c2cc1N. The smallest absolute Gasteiger partial charge is 0.247 e. The third-order valence-corrected chi connectivity index (χ3v) is 14.8. The molecule has 2 saturated heterocycles. The fourth-order valence-corrected chi connectivity index (χ4v) is 9.76. The highest BCUT2D eigenvalue weighted by Crippen LogP contribution is 2.60. The third-order valence-electron chi connectivity index (χ3n) is 14.0. The number of benzene rings is 4. The molecule has 2 aliphatic heterocycles. The molecule has 4 fully saturated rings. The second-order valence-corrected chi connectivity index (χ2v) is 19.9. The standard InChI is InChI=1S/C26H27ClFN5O2.C23H25ClFN5O.C3H3ClO/c1-3-24(34)32-22-11-18-21(29-15-30-25(18)31-17-4-5-20(28)19(27)10-17)12-23(22)35-14-16-13-26(16)6-8-33(2)9-7-26;1-30-6-4-23(5-7-30)11-14(23)12-31-21-10-20-16(9-19(21)26)22(28-13-27-20)29-15-2-3-18(25)17(24)8-15;1-2-3(4)5/h3-5,10-12,15-16H,1,6-9,13-14H2,2H3,(H,32,34)(H,29,30,31);2-3,8-10,13-14H,4-7,11-12,26H2,1H3,(H,27,28,29);2H,1H2. The topological polar surface area (TPSA) is 173 Å². The van der Waals surface area contributed by atoms with E-state index in [-0.39, 0.29) is 16.0 Å². The van der Waals surface area contributed by atoms with Crippen LogP contribution < -0.4 is 31.2 Å². The molecule has 4 aliphatic rings. The highest BCUT2D eigenvalue weighted by molar-refractivity contribution is 6.66. The van der Waals surface area contributed by atoms with Crippen molar-refractivity contribution in [1.82, 2.24) is 29.7 Å². The molecule has 5 N–H and O–H groups in total. The zero-order valence-electron chi connectivity index (χ0n) is 39.4. The number of carbonyl (C=O) groups excluding carboxylic acids is 2. The van der Waals surface area contributed by atoms with Crippen LogP contribution >= 0.6 is 34.8 Å². The number of nitrogens with two attached hydrogens (primary N) is 1. The van der Waals surface area contributed by atoms with Gasteiger partial charge in [0.15, 0.2) is 0 Å². The van der Waals surface area contributed by atoms with E-state index in [0.717, 1.165) is 30.1 Å². The summed E-state index contributed by atoms with van der Waals surface area (Å²) in [5.41, 5.74) is 10.8. The molecule has 10 rings (SSSR count). The average Bonchev–Trinajstić information content (AvgIpc) is 4.26. The molecule has 2 aliphatic carbocycles. The highest BCUT2D eigenvalue weighted by Gasteiger charge is 2.55. The number of halogens is 5. The van der Waals surface area contributed by atoms with Crippen LogP contribution in [0.15, 0.2) is 98.6 Å². The predicted octanol–water partition coefficient (Wildman–Crippen LogP) is 11.2. The number of likely N-dealkylation sites (tertiary alicyclic amines) is 2. The molecule has 4 aromatic carbocycles. The van der Waals surface area contributed by atoms with Crippen molar-refractivity contribution < 1.29 is 27.8 Å². The highest BCUT2D eigenvalue weighted by atomic mass is 35.5. The molecule has 4 heterocycles. The number of anilines is 6.